The Morgan fingerprint density at radius 3 is 2.83 bits per heavy atom. The van der Waals surface area contributed by atoms with Gasteiger partial charge in [-0.15, -0.1) is 0 Å². The number of ether oxygens (including phenoxy) is 1. The highest BCUT2D eigenvalue weighted by Gasteiger charge is 2.07. The van der Waals surface area contributed by atoms with Gasteiger partial charge in [0.25, 0.3) is 0 Å². The van der Waals surface area contributed by atoms with Gasteiger partial charge in [0.2, 0.25) is 0 Å². The minimum Gasteiger partial charge on any atom is -0.385 e. The number of carbonyl (C=O) groups is 1. The number of hydrogen-bond donors (Lipinski definition) is 0. The molecule has 0 aliphatic carbocycles. The first-order valence-electron chi connectivity index (χ1n) is 6.09. The van der Waals surface area contributed by atoms with E-state index >= 15 is 0 Å². The molecule has 0 N–H and O–H groups in total. The van der Waals surface area contributed by atoms with E-state index in [1.807, 2.05) is 31.3 Å². The van der Waals surface area contributed by atoms with Crippen molar-refractivity contribution in [1.82, 2.24) is 4.90 Å². The summed E-state index contributed by atoms with van der Waals surface area (Å²) in [7, 11) is 3.74. The standard InChI is InChI=1S/C14H20BrNO2/c1-16(8-4-10-18-2)9-7-14(17)12-5-3-6-13(15)11-12/h3,5-6,11H,4,7-10H2,1-2H3. The van der Waals surface area contributed by atoms with Crippen LogP contribution in [0.2, 0.25) is 0 Å². The van der Waals surface area contributed by atoms with E-state index in [-0.39, 0.29) is 5.78 Å². The fourth-order valence-electron chi connectivity index (χ4n) is 1.69. The van der Waals surface area contributed by atoms with Crippen LogP contribution in [0.3, 0.4) is 0 Å². The summed E-state index contributed by atoms with van der Waals surface area (Å²) in [5.74, 6) is 0.190. The van der Waals surface area contributed by atoms with E-state index in [9.17, 15) is 4.79 Å². The normalized spacial score (nSPS) is 10.9. The zero-order chi connectivity index (χ0) is 13.4. The third kappa shape index (κ3) is 5.76. The zero-order valence-corrected chi connectivity index (χ0v) is 12.6. The summed E-state index contributed by atoms with van der Waals surface area (Å²) in [5, 5.41) is 0. The van der Waals surface area contributed by atoms with Gasteiger partial charge in [-0.25, -0.2) is 0 Å². The summed E-state index contributed by atoms with van der Waals surface area (Å²) in [6, 6.07) is 7.54. The van der Waals surface area contributed by atoms with Crippen LogP contribution in [0.4, 0.5) is 0 Å². The number of hydrogen-bond acceptors (Lipinski definition) is 3. The van der Waals surface area contributed by atoms with Crippen molar-refractivity contribution in [3.63, 3.8) is 0 Å². The molecule has 0 aromatic heterocycles. The van der Waals surface area contributed by atoms with E-state index in [4.69, 9.17) is 4.74 Å². The number of rotatable bonds is 8. The van der Waals surface area contributed by atoms with Crippen LogP contribution in [0.5, 0.6) is 0 Å². The maximum Gasteiger partial charge on any atom is 0.164 e. The number of benzene rings is 1. The van der Waals surface area contributed by atoms with Gasteiger partial charge in [0.1, 0.15) is 0 Å². The molecule has 0 amide bonds. The van der Waals surface area contributed by atoms with Crippen molar-refractivity contribution in [3.8, 4) is 0 Å². The molecule has 0 aliphatic rings. The van der Waals surface area contributed by atoms with Crippen molar-refractivity contribution < 1.29 is 9.53 Å². The maximum atomic E-state index is 12.0. The smallest absolute Gasteiger partial charge is 0.164 e. The fraction of sp³-hybridized carbons (Fsp3) is 0.500. The minimum atomic E-state index is 0.190. The Morgan fingerprint density at radius 1 is 1.39 bits per heavy atom. The Bertz CT molecular complexity index is 382. The first-order valence-corrected chi connectivity index (χ1v) is 6.89. The highest BCUT2D eigenvalue weighted by atomic mass is 79.9. The van der Waals surface area contributed by atoms with E-state index in [1.54, 1.807) is 7.11 Å². The number of ketones is 1. The molecule has 0 heterocycles. The van der Waals surface area contributed by atoms with Crippen LogP contribution < -0.4 is 0 Å². The monoisotopic (exact) mass is 313 g/mol. The van der Waals surface area contributed by atoms with Crippen molar-refractivity contribution in [1.29, 1.82) is 0 Å². The summed E-state index contributed by atoms with van der Waals surface area (Å²) >= 11 is 3.38. The van der Waals surface area contributed by atoms with E-state index in [0.717, 1.165) is 36.2 Å². The molecule has 1 rings (SSSR count). The molecule has 0 aliphatic heterocycles. The number of nitrogens with zero attached hydrogens (tertiary/aromatic N) is 1. The van der Waals surface area contributed by atoms with Crippen LogP contribution in [-0.2, 0) is 4.74 Å². The number of halogens is 1. The lowest BCUT2D eigenvalue weighted by atomic mass is 10.1. The summed E-state index contributed by atoms with van der Waals surface area (Å²) in [4.78, 5) is 14.1. The molecule has 0 fully saturated rings. The Labute approximate surface area is 117 Å². The molecule has 1 aromatic carbocycles. The molecular weight excluding hydrogens is 294 g/mol. The van der Waals surface area contributed by atoms with Crippen molar-refractivity contribution in [2.24, 2.45) is 0 Å². The molecule has 1 aromatic rings. The molecule has 3 nitrogen and oxygen atoms in total. The fourth-order valence-corrected chi connectivity index (χ4v) is 2.09. The van der Waals surface area contributed by atoms with Crippen LogP contribution in [0.15, 0.2) is 28.7 Å². The topological polar surface area (TPSA) is 29.5 Å². The Hall–Kier alpha value is -0.710. The molecule has 0 radical (unpaired) electrons. The Balaban J connectivity index is 2.32. The van der Waals surface area contributed by atoms with E-state index < -0.39 is 0 Å². The van der Waals surface area contributed by atoms with Gasteiger partial charge in [-0.1, -0.05) is 28.1 Å². The van der Waals surface area contributed by atoms with Crippen LogP contribution in [-0.4, -0.2) is 44.5 Å². The SMILES string of the molecule is COCCCN(C)CCC(=O)c1cccc(Br)c1. The third-order valence-corrected chi connectivity index (χ3v) is 3.25. The molecule has 0 saturated heterocycles. The lowest BCUT2D eigenvalue weighted by Gasteiger charge is -2.15. The number of methoxy groups -OCH3 is 1. The second kappa shape index (κ2) is 8.40. The molecule has 0 spiro atoms. The van der Waals surface area contributed by atoms with Crippen molar-refractivity contribution in [2.75, 3.05) is 33.9 Å². The first-order chi connectivity index (χ1) is 8.63. The average Bonchev–Trinajstić information content (AvgIpc) is 2.36. The first kappa shape index (κ1) is 15.3. The Morgan fingerprint density at radius 2 is 2.17 bits per heavy atom. The highest BCUT2D eigenvalue weighted by molar-refractivity contribution is 9.10. The molecule has 0 unspecified atom stereocenters. The molecule has 0 saturated carbocycles. The van der Waals surface area contributed by atoms with Gasteiger partial charge in [-0.05, 0) is 25.6 Å². The maximum absolute atomic E-state index is 12.0. The van der Waals surface area contributed by atoms with Gasteiger partial charge < -0.3 is 9.64 Å². The molecule has 4 heteroatoms. The predicted octanol–water partition coefficient (Wildman–Crippen LogP) is 2.99. The van der Waals surface area contributed by atoms with Crippen LogP contribution in [0.25, 0.3) is 0 Å². The summed E-state index contributed by atoms with van der Waals surface area (Å²) < 4.78 is 5.95. The van der Waals surface area contributed by atoms with Gasteiger partial charge in [0, 0.05) is 43.3 Å². The zero-order valence-electron chi connectivity index (χ0n) is 11.0. The molecular formula is C14H20BrNO2. The van der Waals surface area contributed by atoms with Gasteiger partial charge in [-0.2, -0.15) is 0 Å². The van der Waals surface area contributed by atoms with Gasteiger partial charge in [0.05, 0.1) is 0 Å². The van der Waals surface area contributed by atoms with Gasteiger partial charge >= 0.3 is 0 Å². The van der Waals surface area contributed by atoms with Gasteiger partial charge in [0.15, 0.2) is 5.78 Å². The number of carbonyl (C=O) groups excluding carboxylic acids is 1. The van der Waals surface area contributed by atoms with Gasteiger partial charge in [-0.3, -0.25) is 4.79 Å². The summed E-state index contributed by atoms with van der Waals surface area (Å²) in [6.07, 6.45) is 1.55. The summed E-state index contributed by atoms with van der Waals surface area (Å²) in [6.45, 7) is 2.51. The average molecular weight is 314 g/mol. The second-order valence-electron chi connectivity index (χ2n) is 4.33. The highest BCUT2D eigenvalue weighted by Crippen LogP contribution is 2.13. The van der Waals surface area contributed by atoms with Crippen LogP contribution in [0.1, 0.15) is 23.2 Å². The second-order valence-corrected chi connectivity index (χ2v) is 5.25. The molecule has 0 atom stereocenters. The van der Waals surface area contributed by atoms with Crippen molar-refractivity contribution >= 4 is 21.7 Å². The number of Topliss-reactive ketones (excluding diaryl/α,β-unsaturated/α-hetero) is 1. The largest absolute Gasteiger partial charge is 0.385 e. The third-order valence-electron chi connectivity index (χ3n) is 2.76. The lowest BCUT2D eigenvalue weighted by molar-refractivity contribution is 0.0967. The molecule has 0 bridgehead atoms. The van der Waals surface area contributed by atoms with E-state index in [2.05, 4.69) is 20.8 Å². The summed E-state index contributed by atoms with van der Waals surface area (Å²) in [5.41, 5.74) is 0.773. The lowest BCUT2D eigenvalue weighted by Crippen LogP contribution is -2.23. The Kier molecular flexibility index (Phi) is 7.16. The predicted molar refractivity (Wildman–Crippen MR) is 77.1 cm³/mol. The van der Waals surface area contributed by atoms with Crippen molar-refractivity contribution in [2.45, 2.75) is 12.8 Å². The van der Waals surface area contributed by atoms with Crippen LogP contribution in [0, 0.1) is 0 Å². The van der Waals surface area contributed by atoms with E-state index in [1.165, 1.54) is 0 Å². The van der Waals surface area contributed by atoms with Crippen molar-refractivity contribution in [3.05, 3.63) is 34.3 Å². The molecule has 100 valence electrons. The van der Waals surface area contributed by atoms with E-state index in [0.29, 0.717) is 6.42 Å². The quantitative estimate of drug-likeness (QED) is 0.546. The van der Waals surface area contributed by atoms with Crippen LogP contribution >= 0.6 is 15.9 Å². The minimum absolute atomic E-state index is 0.190. The molecule has 18 heavy (non-hydrogen) atoms.